The zero-order chi connectivity index (χ0) is 12.3. The normalized spacial score (nSPS) is 10.6. The monoisotopic (exact) mass is 316 g/mol. The van der Waals surface area contributed by atoms with Crippen molar-refractivity contribution in [1.82, 2.24) is 0 Å². The highest BCUT2D eigenvalue weighted by atomic mass is 79.9. The van der Waals surface area contributed by atoms with Crippen molar-refractivity contribution in [3.8, 4) is 5.75 Å². The molecule has 0 bridgehead atoms. The lowest BCUT2D eigenvalue weighted by Crippen LogP contribution is -2.11. The van der Waals surface area contributed by atoms with Crippen molar-refractivity contribution >= 4 is 33.3 Å². The van der Waals surface area contributed by atoms with Crippen LogP contribution in [-0.2, 0) is 0 Å². The van der Waals surface area contributed by atoms with E-state index in [0.717, 1.165) is 12.1 Å². The molecule has 0 unspecified atom stereocenters. The molecule has 0 amide bonds. The molecule has 0 aliphatic carbocycles. The van der Waals surface area contributed by atoms with Crippen LogP contribution in [-0.4, -0.2) is 17.7 Å². The summed E-state index contributed by atoms with van der Waals surface area (Å²) >= 11 is 8.28. The predicted octanol–water partition coefficient (Wildman–Crippen LogP) is 3.66. The van der Waals surface area contributed by atoms with Gasteiger partial charge in [0.2, 0.25) is 0 Å². The fourth-order valence-corrected chi connectivity index (χ4v) is 1.55. The number of ketones is 1. The molecule has 0 aliphatic rings. The highest BCUT2D eigenvalue weighted by Gasteiger charge is 2.20. The van der Waals surface area contributed by atoms with Crippen LogP contribution >= 0.6 is 27.5 Å². The number of hydrogen-bond donors (Lipinski definition) is 0. The Bertz CT molecular complexity index is 412. The third-order valence-corrected chi connectivity index (χ3v) is 2.36. The summed E-state index contributed by atoms with van der Waals surface area (Å²) in [5, 5.41) is -0.329. The molecule has 0 fully saturated rings. The molecule has 1 rings (SSSR count). The summed E-state index contributed by atoms with van der Waals surface area (Å²) in [4.78, 5) is 11.3. The first-order valence-corrected chi connectivity index (χ1v) is 5.48. The van der Waals surface area contributed by atoms with Crippen LogP contribution in [0.1, 0.15) is 10.4 Å². The number of carbonyl (C=O) groups excluding carboxylic acids is 1. The summed E-state index contributed by atoms with van der Waals surface area (Å²) in [5.74, 6) is -2.26. The molecule has 0 atom stereocenters. The van der Waals surface area contributed by atoms with Crippen LogP contribution in [0.2, 0.25) is 5.02 Å². The molecule has 0 radical (unpaired) electrons. The largest absolute Gasteiger partial charge is 0.434 e. The van der Waals surface area contributed by atoms with Gasteiger partial charge in [-0.2, -0.15) is 8.78 Å². The van der Waals surface area contributed by atoms with Crippen molar-refractivity contribution in [2.45, 2.75) is 6.61 Å². The average Bonchev–Trinajstić information content (AvgIpc) is 2.14. The minimum absolute atomic E-state index is 0.126. The number of hydrogen-bond acceptors (Lipinski definition) is 2. The Morgan fingerprint density at radius 3 is 2.62 bits per heavy atom. The zero-order valence-electron chi connectivity index (χ0n) is 7.65. The molecule has 0 N–H and O–H groups in total. The molecule has 0 saturated carbocycles. The van der Waals surface area contributed by atoms with E-state index in [0.29, 0.717) is 0 Å². The SMILES string of the molecule is O=C(CBr)c1c(F)cc(Cl)cc1OC(F)F. The first-order valence-electron chi connectivity index (χ1n) is 3.98. The number of halogens is 5. The molecule has 1 aromatic carbocycles. The van der Waals surface area contributed by atoms with Gasteiger partial charge < -0.3 is 4.74 Å². The van der Waals surface area contributed by atoms with Crippen molar-refractivity contribution < 1.29 is 22.7 Å². The number of Topliss-reactive ketones (excluding diaryl/α,β-unsaturated/α-hetero) is 1. The maximum Gasteiger partial charge on any atom is 0.387 e. The summed E-state index contributed by atoms with van der Waals surface area (Å²) in [6, 6.07) is 1.82. The maximum atomic E-state index is 13.3. The molecule has 0 heterocycles. The summed E-state index contributed by atoms with van der Waals surface area (Å²) in [6.07, 6.45) is 0. The number of benzene rings is 1. The summed E-state index contributed by atoms with van der Waals surface area (Å²) in [5.41, 5.74) is -0.540. The fraction of sp³-hybridized carbons (Fsp3) is 0.222. The molecular formula is C9H5BrClF3O2. The van der Waals surface area contributed by atoms with Gasteiger partial charge in [-0.05, 0) is 12.1 Å². The van der Waals surface area contributed by atoms with Gasteiger partial charge in [-0.15, -0.1) is 0 Å². The first kappa shape index (κ1) is 13.3. The molecular weight excluding hydrogens is 312 g/mol. The lowest BCUT2D eigenvalue weighted by atomic mass is 10.1. The maximum absolute atomic E-state index is 13.3. The van der Waals surface area contributed by atoms with Crippen LogP contribution in [0.3, 0.4) is 0 Å². The van der Waals surface area contributed by atoms with E-state index >= 15 is 0 Å². The third-order valence-electron chi connectivity index (χ3n) is 1.64. The van der Waals surface area contributed by atoms with Crippen molar-refractivity contribution in [3.05, 3.63) is 28.5 Å². The van der Waals surface area contributed by atoms with Gasteiger partial charge in [0.05, 0.1) is 10.9 Å². The molecule has 2 nitrogen and oxygen atoms in total. The van der Waals surface area contributed by atoms with Gasteiger partial charge in [0.15, 0.2) is 5.78 Å². The summed E-state index contributed by atoms with van der Waals surface area (Å²) in [6.45, 7) is -3.15. The fourth-order valence-electron chi connectivity index (χ4n) is 1.08. The van der Waals surface area contributed by atoms with Crippen LogP contribution in [0.4, 0.5) is 13.2 Å². The van der Waals surface area contributed by atoms with Crippen LogP contribution < -0.4 is 4.74 Å². The van der Waals surface area contributed by atoms with Crippen LogP contribution in [0.5, 0.6) is 5.75 Å². The van der Waals surface area contributed by atoms with Gasteiger partial charge >= 0.3 is 6.61 Å². The second-order valence-corrected chi connectivity index (χ2v) is 3.69. The quantitative estimate of drug-likeness (QED) is 0.626. The van der Waals surface area contributed by atoms with E-state index in [-0.39, 0.29) is 10.4 Å². The molecule has 88 valence electrons. The Morgan fingerprint density at radius 1 is 1.50 bits per heavy atom. The topological polar surface area (TPSA) is 26.3 Å². The molecule has 7 heteroatoms. The van der Waals surface area contributed by atoms with Crippen molar-refractivity contribution in [2.75, 3.05) is 5.33 Å². The smallest absolute Gasteiger partial charge is 0.387 e. The highest BCUT2D eigenvalue weighted by molar-refractivity contribution is 9.09. The molecule has 0 aliphatic heterocycles. The van der Waals surface area contributed by atoms with E-state index in [2.05, 4.69) is 20.7 Å². The van der Waals surface area contributed by atoms with Gasteiger partial charge in [-0.3, -0.25) is 4.79 Å². The minimum Gasteiger partial charge on any atom is -0.434 e. The Kier molecular flexibility index (Phi) is 4.61. The average molecular weight is 317 g/mol. The van der Waals surface area contributed by atoms with E-state index in [9.17, 15) is 18.0 Å². The lowest BCUT2D eigenvalue weighted by molar-refractivity contribution is -0.0502. The minimum atomic E-state index is -3.15. The van der Waals surface area contributed by atoms with E-state index in [1.54, 1.807) is 0 Å². The van der Waals surface area contributed by atoms with Crippen LogP contribution in [0, 0.1) is 5.82 Å². The van der Waals surface area contributed by atoms with Gasteiger partial charge in [0, 0.05) is 5.02 Å². The van der Waals surface area contributed by atoms with Crippen molar-refractivity contribution in [2.24, 2.45) is 0 Å². The Hall–Kier alpha value is -0.750. The molecule has 16 heavy (non-hydrogen) atoms. The molecule has 1 aromatic rings. The lowest BCUT2D eigenvalue weighted by Gasteiger charge is -2.10. The van der Waals surface area contributed by atoms with E-state index in [4.69, 9.17) is 11.6 Å². The Balaban J connectivity index is 3.26. The molecule has 0 spiro atoms. The zero-order valence-corrected chi connectivity index (χ0v) is 9.99. The number of ether oxygens (including phenoxy) is 1. The van der Waals surface area contributed by atoms with Gasteiger partial charge in [0.25, 0.3) is 0 Å². The number of carbonyl (C=O) groups is 1. The third kappa shape index (κ3) is 3.12. The Morgan fingerprint density at radius 2 is 2.12 bits per heavy atom. The van der Waals surface area contributed by atoms with Gasteiger partial charge in [-0.25, -0.2) is 4.39 Å². The van der Waals surface area contributed by atoms with Crippen LogP contribution in [0.15, 0.2) is 12.1 Å². The van der Waals surface area contributed by atoms with E-state index in [1.807, 2.05) is 0 Å². The molecule has 0 aromatic heterocycles. The Labute approximate surface area is 102 Å². The number of alkyl halides is 3. The van der Waals surface area contributed by atoms with E-state index in [1.165, 1.54) is 0 Å². The van der Waals surface area contributed by atoms with E-state index < -0.39 is 29.5 Å². The predicted molar refractivity (Wildman–Crippen MR) is 56.2 cm³/mol. The second kappa shape index (κ2) is 5.54. The van der Waals surface area contributed by atoms with Gasteiger partial charge in [-0.1, -0.05) is 27.5 Å². The number of rotatable bonds is 4. The standard InChI is InChI=1S/C9H5BrClF3O2/c10-3-6(15)8-5(12)1-4(11)2-7(8)16-9(13)14/h1-2,9H,3H2. The highest BCUT2D eigenvalue weighted by Crippen LogP contribution is 2.28. The van der Waals surface area contributed by atoms with Crippen molar-refractivity contribution in [3.63, 3.8) is 0 Å². The summed E-state index contributed by atoms with van der Waals surface area (Å²) in [7, 11) is 0. The van der Waals surface area contributed by atoms with Crippen LogP contribution in [0.25, 0.3) is 0 Å². The van der Waals surface area contributed by atoms with Crippen molar-refractivity contribution in [1.29, 1.82) is 0 Å². The first-order chi connectivity index (χ1) is 7.45. The second-order valence-electron chi connectivity index (χ2n) is 2.70. The summed E-state index contributed by atoms with van der Waals surface area (Å²) < 4.78 is 41.4. The molecule has 0 saturated heterocycles. The van der Waals surface area contributed by atoms with Gasteiger partial charge in [0.1, 0.15) is 11.6 Å².